The number of aryl methyl sites for hydroxylation is 1. The Labute approximate surface area is 153 Å². The quantitative estimate of drug-likeness (QED) is 0.534. The fraction of sp³-hybridized carbons (Fsp3) is 0.400. The summed E-state index contributed by atoms with van der Waals surface area (Å²) in [5, 5.41) is 0. The van der Waals surface area contributed by atoms with Crippen LogP contribution >= 0.6 is 0 Å². The molecular weight excluding hydrogens is 334 g/mol. The topological polar surface area (TPSA) is 66.8 Å². The van der Waals surface area contributed by atoms with Crippen LogP contribution < -0.4 is 4.74 Å². The van der Waals surface area contributed by atoms with Gasteiger partial charge >= 0.3 is 5.97 Å². The molecule has 0 aliphatic carbocycles. The highest BCUT2D eigenvalue weighted by Crippen LogP contribution is 2.22. The number of methoxy groups -OCH3 is 2. The summed E-state index contributed by atoms with van der Waals surface area (Å²) in [5.74, 6) is 0.0174. The first-order valence-electron chi connectivity index (χ1n) is 8.40. The second-order valence-electron chi connectivity index (χ2n) is 6.19. The minimum Gasteiger partial charge on any atom is -0.485 e. The lowest BCUT2D eigenvalue weighted by Crippen LogP contribution is -2.16. The van der Waals surface area contributed by atoms with Gasteiger partial charge in [0.25, 0.3) is 0 Å². The van der Waals surface area contributed by atoms with E-state index in [1.807, 2.05) is 19.9 Å². The average molecular weight is 359 g/mol. The van der Waals surface area contributed by atoms with Gasteiger partial charge in [-0.3, -0.25) is 4.79 Å². The van der Waals surface area contributed by atoms with Gasteiger partial charge in [0.2, 0.25) is 5.78 Å². The van der Waals surface area contributed by atoms with Crippen molar-refractivity contribution in [3.8, 4) is 5.75 Å². The zero-order valence-electron chi connectivity index (χ0n) is 15.9. The molecule has 0 N–H and O–H groups in total. The molecule has 0 aliphatic rings. The number of Topliss-reactive ketones (excluding diaryl/α,β-unsaturated/α-hetero) is 1. The molecule has 1 aromatic heterocycles. The monoisotopic (exact) mass is 359 g/mol. The number of benzene rings is 1. The molecule has 2 aromatic rings. The largest absolute Gasteiger partial charge is 0.485 e. The summed E-state index contributed by atoms with van der Waals surface area (Å²) in [6.45, 7) is 6.46. The van der Waals surface area contributed by atoms with Crippen LogP contribution in [0.15, 0.2) is 30.3 Å². The number of ether oxygens (including phenoxy) is 3. The van der Waals surface area contributed by atoms with Gasteiger partial charge in [-0.15, -0.1) is 0 Å². The fourth-order valence-electron chi connectivity index (χ4n) is 3.09. The van der Waals surface area contributed by atoms with Crippen molar-refractivity contribution in [1.82, 2.24) is 4.57 Å². The van der Waals surface area contributed by atoms with E-state index >= 15 is 0 Å². The van der Waals surface area contributed by atoms with E-state index < -0.39 is 5.97 Å². The highest BCUT2D eigenvalue weighted by atomic mass is 16.5. The van der Waals surface area contributed by atoms with Crippen molar-refractivity contribution < 1.29 is 23.8 Å². The van der Waals surface area contributed by atoms with Gasteiger partial charge in [0.1, 0.15) is 5.75 Å². The molecule has 1 heterocycles. The van der Waals surface area contributed by atoms with E-state index in [9.17, 15) is 9.59 Å². The standard InChI is InChI=1S/C20H25NO5/c1-13-10-18(15(3)21(13)14(2)11-24-4)19(22)12-26-17-8-6-16(7-9-17)20(23)25-5/h6-10,14H,11-12H2,1-5H3. The van der Waals surface area contributed by atoms with Gasteiger partial charge in [0.05, 0.1) is 25.3 Å². The predicted octanol–water partition coefficient (Wildman–Crippen LogP) is 3.36. The van der Waals surface area contributed by atoms with Crippen LogP contribution in [0.3, 0.4) is 0 Å². The fourth-order valence-corrected chi connectivity index (χ4v) is 3.09. The third kappa shape index (κ3) is 4.32. The molecule has 140 valence electrons. The minimum atomic E-state index is -0.412. The number of carbonyl (C=O) groups excluding carboxylic acids is 2. The van der Waals surface area contributed by atoms with E-state index in [0.29, 0.717) is 23.5 Å². The molecule has 0 fully saturated rings. The average Bonchev–Trinajstić information content (AvgIpc) is 2.94. The van der Waals surface area contributed by atoms with Crippen molar-refractivity contribution in [2.24, 2.45) is 0 Å². The molecule has 6 heteroatoms. The summed E-state index contributed by atoms with van der Waals surface area (Å²) < 4.78 is 17.5. The maximum atomic E-state index is 12.6. The first-order valence-corrected chi connectivity index (χ1v) is 8.40. The lowest BCUT2D eigenvalue weighted by molar-refractivity contribution is 0.0600. The van der Waals surface area contributed by atoms with E-state index in [1.165, 1.54) is 7.11 Å². The van der Waals surface area contributed by atoms with Gasteiger partial charge in [0, 0.05) is 24.1 Å². The van der Waals surface area contributed by atoms with Gasteiger partial charge in [-0.2, -0.15) is 0 Å². The minimum absolute atomic E-state index is 0.0689. The predicted molar refractivity (Wildman–Crippen MR) is 98.1 cm³/mol. The molecule has 1 atom stereocenters. The first-order chi connectivity index (χ1) is 12.4. The number of carbonyl (C=O) groups is 2. The van der Waals surface area contributed by atoms with E-state index in [0.717, 1.165) is 11.4 Å². The zero-order valence-corrected chi connectivity index (χ0v) is 15.9. The Hall–Kier alpha value is -2.60. The van der Waals surface area contributed by atoms with Gasteiger partial charge in [-0.25, -0.2) is 4.79 Å². The van der Waals surface area contributed by atoms with Crippen molar-refractivity contribution in [1.29, 1.82) is 0 Å². The summed E-state index contributed by atoms with van der Waals surface area (Å²) in [7, 11) is 2.99. The zero-order chi connectivity index (χ0) is 19.3. The van der Waals surface area contributed by atoms with Crippen LogP contribution in [0, 0.1) is 13.8 Å². The molecule has 1 aromatic carbocycles. The molecule has 1 unspecified atom stereocenters. The maximum Gasteiger partial charge on any atom is 0.337 e. The Morgan fingerprint density at radius 3 is 2.35 bits per heavy atom. The molecule has 6 nitrogen and oxygen atoms in total. The van der Waals surface area contributed by atoms with E-state index in [1.54, 1.807) is 31.4 Å². The third-order valence-electron chi connectivity index (χ3n) is 4.28. The van der Waals surface area contributed by atoms with Gasteiger partial charge in [-0.05, 0) is 51.1 Å². The van der Waals surface area contributed by atoms with Crippen molar-refractivity contribution in [2.75, 3.05) is 27.4 Å². The number of nitrogens with zero attached hydrogens (tertiary/aromatic N) is 1. The lowest BCUT2D eigenvalue weighted by atomic mass is 10.1. The van der Waals surface area contributed by atoms with Crippen molar-refractivity contribution in [3.05, 3.63) is 52.8 Å². The van der Waals surface area contributed by atoms with Gasteiger partial charge in [-0.1, -0.05) is 0 Å². The smallest absolute Gasteiger partial charge is 0.337 e. The van der Waals surface area contributed by atoms with Crippen LogP contribution in [-0.2, 0) is 9.47 Å². The number of aromatic nitrogens is 1. The molecule has 0 radical (unpaired) electrons. The summed E-state index contributed by atoms with van der Waals surface area (Å²) in [6.07, 6.45) is 0. The Bertz CT molecular complexity index is 776. The number of rotatable bonds is 8. The first kappa shape index (κ1) is 19.7. The summed E-state index contributed by atoms with van der Waals surface area (Å²) in [6, 6.07) is 8.52. The molecule has 0 amide bonds. The number of hydrogen-bond acceptors (Lipinski definition) is 5. The molecule has 2 rings (SSSR count). The number of hydrogen-bond donors (Lipinski definition) is 0. The molecule has 0 saturated heterocycles. The van der Waals surface area contributed by atoms with Gasteiger partial charge < -0.3 is 18.8 Å². The normalized spacial score (nSPS) is 11.9. The summed E-state index contributed by atoms with van der Waals surface area (Å²) in [4.78, 5) is 24.0. The van der Waals surface area contributed by atoms with Gasteiger partial charge in [0.15, 0.2) is 6.61 Å². The second-order valence-corrected chi connectivity index (χ2v) is 6.19. The van der Waals surface area contributed by atoms with Crippen LogP contribution in [0.25, 0.3) is 0 Å². The van der Waals surface area contributed by atoms with Crippen LogP contribution in [-0.4, -0.2) is 43.8 Å². The molecule has 26 heavy (non-hydrogen) atoms. The molecule has 0 spiro atoms. The summed E-state index contributed by atoms with van der Waals surface area (Å²) in [5.41, 5.74) is 3.00. The van der Waals surface area contributed by atoms with E-state index in [2.05, 4.69) is 16.2 Å². The number of esters is 1. The van der Waals surface area contributed by atoms with Crippen LogP contribution in [0.4, 0.5) is 0 Å². The van der Waals surface area contributed by atoms with Crippen LogP contribution in [0.2, 0.25) is 0 Å². The highest BCUT2D eigenvalue weighted by molar-refractivity contribution is 5.98. The molecule has 0 bridgehead atoms. The number of ketones is 1. The Kier molecular flexibility index (Phi) is 6.58. The Morgan fingerprint density at radius 1 is 1.12 bits per heavy atom. The van der Waals surface area contributed by atoms with Crippen molar-refractivity contribution >= 4 is 11.8 Å². The van der Waals surface area contributed by atoms with E-state index in [-0.39, 0.29) is 18.4 Å². The highest BCUT2D eigenvalue weighted by Gasteiger charge is 2.19. The third-order valence-corrected chi connectivity index (χ3v) is 4.28. The molecule has 0 aliphatic heterocycles. The molecular formula is C20H25NO5. The Balaban J connectivity index is 2.06. The maximum absolute atomic E-state index is 12.6. The van der Waals surface area contributed by atoms with Crippen molar-refractivity contribution in [3.63, 3.8) is 0 Å². The van der Waals surface area contributed by atoms with Crippen LogP contribution in [0.5, 0.6) is 5.75 Å². The lowest BCUT2D eigenvalue weighted by Gasteiger charge is -2.17. The summed E-state index contributed by atoms with van der Waals surface area (Å²) >= 11 is 0. The molecule has 0 saturated carbocycles. The van der Waals surface area contributed by atoms with Crippen LogP contribution in [0.1, 0.15) is 45.1 Å². The Morgan fingerprint density at radius 2 is 1.77 bits per heavy atom. The second kappa shape index (κ2) is 8.67. The van der Waals surface area contributed by atoms with E-state index in [4.69, 9.17) is 9.47 Å². The SMILES string of the molecule is COCC(C)n1c(C)cc(C(=O)COc2ccc(C(=O)OC)cc2)c1C. The van der Waals surface area contributed by atoms with Crippen molar-refractivity contribution in [2.45, 2.75) is 26.8 Å².